The molecule has 0 spiro atoms. The Morgan fingerprint density at radius 2 is 2.26 bits per heavy atom. The highest BCUT2D eigenvalue weighted by atomic mass is 32.2. The zero-order valence-electron chi connectivity index (χ0n) is 12.4. The van der Waals surface area contributed by atoms with Crippen LogP contribution in [-0.2, 0) is 14.7 Å². The van der Waals surface area contributed by atoms with Crippen molar-refractivity contribution in [3.8, 4) is 0 Å². The Bertz CT molecular complexity index is 790. The Kier molecular flexibility index (Phi) is 4.88. The van der Waals surface area contributed by atoms with Gasteiger partial charge in [0.15, 0.2) is 0 Å². The molecule has 0 saturated carbocycles. The van der Waals surface area contributed by atoms with Gasteiger partial charge >= 0.3 is 7.12 Å². The largest absolute Gasteiger partial charge is 0.487 e. The topological polar surface area (TPSA) is 119 Å². The molecule has 0 bridgehead atoms. The van der Waals surface area contributed by atoms with Crippen molar-refractivity contribution in [1.29, 1.82) is 0 Å². The molecule has 1 aliphatic heterocycles. The summed E-state index contributed by atoms with van der Waals surface area (Å²) in [5.74, 6) is 0. The lowest BCUT2D eigenvalue weighted by Crippen LogP contribution is -2.23. The molecule has 0 unspecified atom stereocenters. The summed E-state index contributed by atoms with van der Waals surface area (Å²) >= 11 is 0. The van der Waals surface area contributed by atoms with Crippen molar-refractivity contribution in [2.45, 2.75) is 18.2 Å². The van der Waals surface area contributed by atoms with Crippen LogP contribution in [0.2, 0.25) is 0 Å². The second kappa shape index (κ2) is 6.53. The standard InChI is InChI=1S/C13H15BN2O6S/c1-9-7-12(16(18)19)3-4-13(9)23(20,21)15-10(2)8-11-5-6-22-14(11)17/h3-4,7-8,15,17H,2,5-6H2,1H3/b11-8+. The number of benzene rings is 1. The van der Waals surface area contributed by atoms with Crippen molar-refractivity contribution in [1.82, 2.24) is 4.72 Å². The van der Waals surface area contributed by atoms with Crippen LogP contribution in [0.1, 0.15) is 12.0 Å². The van der Waals surface area contributed by atoms with Crippen LogP contribution in [0.4, 0.5) is 5.69 Å². The van der Waals surface area contributed by atoms with E-state index >= 15 is 0 Å². The maximum atomic E-state index is 12.3. The minimum atomic E-state index is -3.93. The van der Waals surface area contributed by atoms with Gasteiger partial charge in [0, 0.05) is 24.4 Å². The van der Waals surface area contributed by atoms with E-state index in [-0.39, 0.29) is 21.8 Å². The summed E-state index contributed by atoms with van der Waals surface area (Å²) in [7, 11) is -4.99. The zero-order chi connectivity index (χ0) is 17.2. The summed E-state index contributed by atoms with van der Waals surface area (Å²) in [6, 6.07) is 3.48. The quantitative estimate of drug-likeness (QED) is 0.471. The van der Waals surface area contributed by atoms with E-state index in [0.29, 0.717) is 18.5 Å². The third-order valence-electron chi connectivity index (χ3n) is 3.27. The number of nitrogens with zero attached hydrogens (tertiary/aromatic N) is 1. The number of nitro benzene ring substituents is 1. The Hall–Kier alpha value is -2.17. The Morgan fingerprint density at radius 3 is 2.78 bits per heavy atom. The van der Waals surface area contributed by atoms with Gasteiger partial charge in [-0.25, -0.2) is 8.42 Å². The zero-order valence-corrected chi connectivity index (χ0v) is 13.2. The SMILES string of the molecule is C=C(/C=C1\CCOB1O)NS(=O)(=O)c1ccc([N+](=O)[O-])cc1C. The Morgan fingerprint density at radius 1 is 1.57 bits per heavy atom. The van der Waals surface area contributed by atoms with Crippen molar-refractivity contribution in [2.75, 3.05) is 6.61 Å². The average molecular weight is 338 g/mol. The highest BCUT2D eigenvalue weighted by Crippen LogP contribution is 2.22. The van der Waals surface area contributed by atoms with Gasteiger partial charge in [-0.05, 0) is 36.5 Å². The van der Waals surface area contributed by atoms with E-state index in [1.807, 2.05) is 0 Å². The second-order valence-corrected chi connectivity index (χ2v) is 6.68. The van der Waals surface area contributed by atoms with Gasteiger partial charge in [-0.2, -0.15) is 0 Å². The van der Waals surface area contributed by atoms with Crippen LogP contribution in [0.25, 0.3) is 0 Å². The first-order valence-corrected chi connectivity index (χ1v) is 8.16. The first-order valence-electron chi connectivity index (χ1n) is 6.67. The summed E-state index contributed by atoms with van der Waals surface area (Å²) < 4.78 is 31.9. The van der Waals surface area contributed by atoms with Crippen molar-refractivity contribution < 1.29 is 23.0 Å². The molecule has 0 radical (unpaired) electrons. The molecule has 0 amide bonds. The minimum absolute atomic E-state index is 0.0716. The van der Waals surface area contributed by atoms with E-state index in [9.17, 15) is 23.6 Å². The van der Waals surface area contributed by atoms with E-state index < -0.39 is 22.1 Å². The van der Waals surface area contributed by atoms with E-state index in [0.717, 1.165) is 6.07 Å². The number of rotatable bonds is 5. The molecule has 1 fully saturated rings. The smallest absolute Gasteiger partial charge is 0.423 e. The molecular formula is C13H15BN2O6S. The second-order valence-electron chi connectivity index (χ2n) is 5.03. The lowest BCUT2D eigenvalue weighted by Gasteiger charge is -2.11. The molecule has 0 atom stereocenters. The van der Waals surface area contributed by atoms with Gasteiger partial charge in [0.1, 0.15) is 0 Å². The van der Waals surface area contributed by atoms with Crippen LogP contribution >= 0.6 is 0 Å². The lowest BCUT2D eigenvalue weighted by atomic mass is 9.79. The number of sulfonamides is 1. The normalized spacial score (nSPS) is 16.6. The maximum absolute atomic E-state index is 12.3. The molecule has 0 aromatic heterocycles. The molecule has 23 heavy (non-hydrogen) atoms. The molecule has 1 aromatic carbocycles. The van der Waals surface area contributed by atoms with Crippen LogP contribution in [0, 0.1) is 17.0 Å². The Balaban J connectivity index is 2.22. The number of allylic oxidation sites excluding steroid dienone is 1. The molecule has 1 heterocycles. The van der Waals surface area contributed by atoms with Gasteiger partial charge in [-0.1, -0.05) is 6.58 Å². The molecule has 2 N–H and O–H groups in total. The molecule has 8 nitrogen and oxygen atoms in total. The highest BCUT2D eigenvalue weighted by Gasteiger charge is 2.26. The van der Waals surface area contributed by atoms with Gasteiger partial charge in [-0.3, -0.25) is 14.8 Å². The van der Waals surface area contributed by atoms with Crippen LogP contribution in [0.3, 0.4) is 0 Å². The number of nitro groups is 1. The van der Waals surface area contributed by atoms with Crippen molar-refractivity contribution in [3.05, 3.63) is 57.7 Å². The third kappa shape index (κ3) is 3.98. The fourth-order valence-electron chi connectivity index (χ4n) is 2.19. The maximum Gasteiger partial charge on any atom is 0.487 e. The van der Waals surface area contributed by atoms with E-state index in [1.165, 1.54) is 25.1 Å². The third-order valence-corrected chi connectivity index (χ3v) is 4.84. The Labute approximate surface area is 133 Å². The molecule has 2 rings (SSSR count). The predicted octanol–water partition coefficient (Wildman–Crippen LogP) is 1.06. The molecular weight excluding hydrogens is 323 g/mol. The summed E-state index contributed by atoms with van der Waals surface area (Å²) in [4.78, 5) is 10.0. The van der Waals surface area contributed by atoms with Crippen molar-refractivity contribution in [2.24, 2.45) is 0 Å². The fourth-order valence-corrected chi connectivity index (χ4v) is 3.44. The molecule has 10 heteroatoms. The lowest BCUT2D eigenvalue weighted by molar-refractivity contribution is -0.385. The van der Waals surface area contributed by atoms with Crippen LogP contribution < -0.4 is 4.72 Å². The molecule has 122 valence electrons. The van der Waals surface area contributed by atoms with Crippen molar-refractivity contribution in [3.63, 3.8) is 0 Å². The van der Waals surface area contributed by atoms with Crippen LogP contribution in [-0.4, -0.2) is 32.1 Å². The number of hydrogen-bond acceptors (Lipinski definition) is 6. The summed E-state index contributed by atoms with van der Waals surface area (Å²) in [6.07, 6.45) is 1.90. The van der Waals surface area contributed by atoms with Gasteiger partial charge in [0.05, 0.1) is 9.82 Å². The highest BCUT2D eigenvalue weighted by molar-refractivity contribution is 7.89. The van der Waals surface area contributed by atoms with Gasteiger partial charge < -0.3 is 9.68 Å². The molecule has 1 aromatic rings. The number of hydrogen-bond donors (Lipinski definition) is 2. The van der Waals surface area contributed by atoms with E-state index in [2.05, 4.69) is 11.3 Å². The van der Waals surface area contributed by atoms with Gasteiger partial charge in [0.25, 0.3) is 15.7 Å². The predicted molar refractivity (Wildman–Crippen MR) is 83.9 cm³/mol. The summed E-state index contributed by atoms with van der Waals surface area (Å²) in [5, 5.41) is 20.2. The van der Waals surface area contributed by atoms with Crippen LogP contribution in [0.15, 0.2) is 46.9 Å². The number of aryl methyl sites for hydroxylation is 1. The van der Waals surface area contributed by atoms with E-state index in [4.69, 9.17) is 4.65 Å². The van der Waals surface area contributed by atoms with E-state index in [1.54, 1.807) is 0 Å². The average Bonchev–Trinajstić information content (AvgIpc) is 2.82. The number of non-ortho nitro benzene ring substituents is 1. The van der Waals surface area contributed by atoms with Crippen molar-refractivity contribution >= 4 is 22.8 Å². The summed E-state index contributed by atoms with van der Waals surface area (Å²) in [6.45, 7) is 5.42. The molecule has 1 aliphatic rings. The first-order chi connectivity index (χ1) is 10.7. The fraction of sp³-hybridized carbons (Fsp3) is 0.231. The van der Waals surface area contributed by atoms with Crippen LogP contribution in [0.5, 0.6) is 0 Å². The molecule has 1 saturated heterocycles. The van der Waals surface area contributed by atoms with Gasteiger partial charge in [0.2, 0.25) is 0 Å². The first kappa shape index (κ1) is 17.2. The summed E-state index contributed by atoms with van der Waals surface area (Å²) in [5.41, 5.74) is 0.658. The monoisotopic (exact) mass is 338 g/mol. The van der Waals surface area contributed by atoms with Gasteiger partial charge in [-0.15, -0.1) is 0 Å². The number of nitrogens with one attached hydrogen (secondary N) is 1. The molecule has 0 aliphatic carbocycles. The minimum Gasteiger partial charge on any atom is -0.423 e.